The molecule has 4 heterocycles. The van der Waals surface area contributed by atoms with Gasteiger partial charge in [0.1, 0.15) is 11.9 Å². The minimum atomic E-state index is -1.06. The number of aromatic nitrogens is 3. The number of pyridine rings is 1. The summed E-state index contributed by atoms with van der Waals surface area (Å²) in [6, 6.07) is 9.24. The maximum Gasteiger partial charge on any atom is 0.257 e. The van der Waals surface area contributed by atoms with Gasteiger partial charge in [-0.25, -0.2) is 14.1 Å². The standard InChI is InChI=1S/C21H15FN6O3/c22-12-3-1-2-11(9-23)18(12)13-8-15(19-14(25-13)10-24-20(19)30)28-7-5-17(26-28)27-6-4-16(29)21(27)31/h1-3,5,7-8,16,29H,4,6,10H2,(H,24,30). The van der Waals surface area contributed by atoms with Crippen LogP contribution >= 0.6 is 0 Å². The molecule has 2 aliphatic heterocycles. The van der Waals surface area contributed by atoms with E-state index in [1.807, 2.05) is 6.07 Å². The van der Waals surface area contributed by atoms with Gasteiger partial charge < -0.3 is 10.4 Å². The number of amides is 2. The van der Waals surface area contributed by atoms with E-state index in [4.69, 9.17) is 0 Å². The fourth-order valence-corrected chi connectivity index (χ4v) is 3.88. The molecular formula is C21H15FN6O3. The normalized spacial score (nSPS) is 17.6. The van der Waals surface area contributed by atoms with Crippen molar-refractivity contribution in [2.24, 2.45) is 0 Å². The summed E-state index contributed by atoms with van der Waals surface area (Å²) >= 11 is 0. The molecule has 10 heteroatoms. The Balaban J connectivity index is 1.66. The number of hydrogen-bond donors (Lipinski definition) is 2. The highest BCUT2D eigenvalue weighted by molar-refractivity contribution is 6.02. The Morgan fingerprint density at radius 2 is 2.10 bits per heavy atom. The van der Waals surface area contributed by atoms with Gasteiger partial charge in [-0.1, -0.05) is 6.07 Å². The number of nitrogens with zero attached hydrogens (tertiary/aromatic N) is 5. The van der Waals surface area contributed by atoms with Gasteiger partial charge in [-0.05, 0) is 18.2 Å². The third kappa shape index (κ3) is 2.94. The highest BCUT2D eigenvalue weighted by Crippen LogP contribution is 2.32. The Kier molecular flexibility index (Phi) is 4.27. The number of anilines is 1. The van der Waals surface area contributed by atoms with Crippen LogP contribution in [-0.4, -0.2) is 44.3 Å². The fourth-order valence-electron chi connectivity index (χ4n) is 3.88. The zero-order valence-corrected chi connectivity index (χ0v) is 16.0. The van der Waals surface area contributed by atoms with Crippen LogP contribution in [-0.2, 0) is 11.3 Å². The van der Waals surface area contributed by atoms with Crippen LogP contribution in [0.2, 0.25) is 0 Å². The first-order valence-corrected chi connectivity index (χ1v) is 9.54. The second-order valence-electron chi connectivity index (χ2n) is 7.22. The molecule has 1 saturated heterocycles. The van der Waals surface area contributed by atoms with Crippen LogP contribution in [0.3, 0.4) is 0 Å². The first kappa shape index (κ1) is 18.9. The first-order valence-electron chi connectivity index (χ1n) is 9.54. The molecule has 0 aliphatic carbocycles. The molecule has 31 heavy (non-hydrogen) atoms. The second-order valence-corrected chi connectivity index (χ2v) is 7.22. The summed E-state index contributed by atoms with van der Waals surface area (Å²) in [5, 5.41) is 26.2. The summed E-state index contributed by atoms with van der Waals surface area (Å²) in [6.45, 7) is 0.494. The predicted octanol–water partition coefficient (Wildman–Crippen LogP) is 1.29. The summed E-state index contributed by atoms with van der Waals surface area (Å²) in [4.78, 5) is 30.3. The molecule has 9 nitrogen and oxygen atoms in total. The maximum absolute atomic E-state index is 14.6. The number of benzene rings is 1. The molecule has 0 spiro atoms. The number of fused-ring (bicyclic) bond motifs is 1. The van der Waals surface area contributed by atoms with E-state index < -0.39 is 17.8 Å². The monoisotopic (exact) mass is 418 g/mol. The minimum Gasteiger partial charge on any atom is -0.383 e. The van der Waals surface area contributed by atoms with Gasteiger partial charge >= 0.3 is 0 Å². The lowest BCUT2D eigenvalue weighted by Crippen LogP contribution is -2.29. The van der Waals surface area contributed by atoms with Crippen LogP contribution in [0.5, 0.6) is 0 Å². The van der Waals surface area contributed by atoms with Gasteiger partial charge in [0, 0.05) is 25.2 Å². The smallest absolute Gasteiger partial charge is 0.257 e. The van der Waals surface area contributed by atoms with E-state index in [1.165, 1.54) is 33.8 Å². The number of carbonyl (C=O) groups excluding carboxylic acids is 2. The lowest BCUT2D eigenvalue weighted by atomic mass is 10.0. The topological polar surface area (TPSA) is 124 Å². The zero-order chi connectivity index (χ0) is 21.7. The SMILES string of the molecule is N#Cc1cccc(F)c1-c1cc(-n2ccc(N3CCC(O)C3=O)n2)c2c(n1)CNC2=O. The zero-order valence-electron chi connectivity index (χ0n) is 16.0. The number of aliphatic hydroxyl groups is 1. The lowest BCUT2D eigenvalue weighted by molar-refractivity contribution is -0.124. The molecule has 1 atom stereocenters. The van der Waals surface area contributed by atoms with Crippen LogP contribution in [0.4, 0.5) is 10.2 Å². The van der Waals surface area contributed by atoms with Gasteiger partial charge in [0.25, 0.3) is 11.8 Å². The largest absolute Gasteiger partial charge is 0.383 e. The van der Waals surface area contributed by atoms with E-state index in [0.717, 1.165) is 0 Å². The molecule has 2 aromatic heterocycles. The molecule has 2 amide bonds. The van der Waals surface area contributed by atoms with Gasteiger partial charge in [0.15, 0.2) is 5.82 Å². The molecular weight excluding hydrogens is 403 g/mol. The first-order chi connectivity index (χ1) is 15.0. The van der Waals surface area contributed by atoms with Crippen LogP contribution < -0.4 is 10.2 Å². The Morgan fingerprint density at radius 3 is 2.84 bits per heavy atom. The Labute approximate surface area is 175 Å². The molecule has 1 fully saturated rings. The van der Waals surface area contributed by atoms with Crippen molar-refractivity contribution in [1.29, 1.82) is 5.26 Å². The van der Waals surface area contributed by atoms with Gasteiger partial charge in [-0.2, -0.15) is 5.26 Å². The van der Waals surface area contributed by atoms with Crippen molar-refractivity contribution in [3.63, 3.8) is 0 Å². The number of carbonyl (C=O) groups is 2. The van der Waals surface area contributed by atoms with Crippen molar-refractivity contribution in [1.82, 2.24) is 20.1 Å². The van der Waals surface area contributed by atoms with Crippen LogP contribution in [0.1, 0.15) is 28.0 Å². The highest BCUT2D eigenvalue weighted by Gasteiger charge is 2.33. The number of halogens is 1. The predicted molar refractivity (Wildman–Crippen MR) is 106 cm³/mol. The molecule has 0 saturated carbocycles. The molecule has 0 bridgehead atoms. The summed E-state index contributed by atoms with van der Waals surface area (Å²) in [6.07, 6.45) is 0.830. The Morgan fingerprint density at radius 1 is 1.26 bits per heavy atom. The minimum absolute atomic E-state index is 0.0404. The number of aliphatic hydroxyl groups excluding tert-OH is 1. The Bertz CT molecular complexity index is 1290. The summed E-state index contributed by atoms with van der Waals surface area (Å²) < 4.78 is 16.0. The summed E-state index contributed by atoms with van der Waals surface area (Å²) in [5.74, 6) is -1.06. The molecule has 0 radical (unpaired) electrons. The third-order valence-electron chi connectivity index (χ3n) is 5.38. The quantitative estimate of drug-likeness (QED) is 0.661. The van der Waals surface area contributed by atoms with E-state index >= 15 is 0 Å². The molecule has 1 unspecified atom stereocenters. The third-order valence-corrected chi connectivity index (χ3v) is 5.38. The lowest BCUT2D eigenvalue weighted by Gasteiger charge is -2.13. The number of nitrogens with one attached hydrogen (secondary N) is 1. The van der Waals surface area contributed by atoms with E-state index in [9.17, 15) is 24.3 Å². The van der Waals surface area contributed by atoms with Crippen molar-refractivity contribution in [3.05, 3.63) is 59.2 Å². The van der Waals surface area contributed by atoms with Gasteiger partial charge in [-0.15, -0.1) is 5.10 Å². The molecule has 2 N–H and O–H groups in total. The van der Waals surface area contributed by atoms with Crippen LogP contribution in [0.25, 0.3) is 16.9 Å². The molecule has 2 aliphatic rings. The summed E-state index contributed by atoms with van der Waals surface area (Å²) in [7, 11) is 0. The second kappa shape index (κ2) is 7.00. The van der Waals surface area contributed by atoms with Crippen molar-refractivity contribution in [2.45, 2.75) is 19.1 Å². The van der Waals surface area contributed by atoms with Crippen LogP contribution in [0, 0.1) is 17.1 Å². The number of hydrogen-bond acceptors (Lipinski definition) is 6. The summed E-state index contributed by atoms with van der Waals surface area (Å²) in [5.41, 5.74) is 1.41. The number of rotatable bonds is 3. The van der Waals surface area contributed by atoms with Crippen molar-refractivity contribution in [3.8, 4) is 23.0 Å². The average molecular weight is 418 g/mol. The van der Waals surface area contributed by atoms with E-state index in [-0.39, 0.29) is 29.3 Å². The fraction of sp³-hybridized carbons (Fsp3) is 0.190. The van der Waals surface area contributed by atoms with Gasteiger partial charge in [-0.3, -0.25) is 14.5 Å². The van der Waals surface area contributed by atoms with Gasteiger partial charge in [0.2, 0.25) is 0 Å². The van der Waals surface area contributed by atoms with Gasteiger partial charge in [0.05, 0.1) is 46.4 Å². The van der Waals surface area contributed by atoms with Crippen LogP contribution in [0.15, 0.2) is 36.5 Å². The highest BCUT2D eigenvalue weighted by atomic mass is 19.1. The molecule has 154 valence electrons. The average Bonchev–Trinajstić information content (AvgIpc) is 3.47. The van der Waals surface area contributed by atoms with E-state index in [2.05, 4.69) is 15.4 Å². The van der Waals surface area contributed by atoms with Crippen molar-refractivity contribution in [2.75, 3.05) is 11.4 Å². The van der Waals surface area contributed by atoms with E-state index in [1.54, 1.807) is 12.3 Å². The van der Waals surface area contributed by atoms with Crippen molar-refractivity contribution >= 4 is 17.6 Å². The van der Waals surface area contributed by atoms with E-state index in [0.29, 0.717) is 35.7 Å². The van der Waals surface area contributed by atoms with Crippen molar-refractivity contribution < 1.29 is 19.1 Å². The Hall–Kier alpha value is -4.10. The molecule has 5 rings (SSSR count). The number of nitriles is 1. The maximum atomic E-state index is 14.6. The molecule has 1 aromatic carbocycles. The molecule has 3 aromatic rings.